The quantitative estimate of drug-likeness (QED) is 0.898. The van der Waals surface area contributed by atoms with E-state index in [0.717, 1.165) is 4.47 Å². The van der Waals surface area contributed by atoms with Crippen molar-refractivity contribution >= 4 is 33.5 Å². The molecule has 0 radical (unpaired) electrons. The van der Waals surface area contributed by atoms with Gasteiger partial charge < -0.3 is 10.2 Å². The number of carboxylic acid groups (broad SMARTS) is 1. The molecule has 88 valence electrons. The summed E-state index contributed by atoms with van der Waals surface area (Å²) in [5.41, 5.74) is 0.554. The van der Waals surface area contributed by atoms with Gasteiger partial charge >= 0.3 is 5.97 Å². The Hall–Kier alpha value is -0.580. The Labute approximate surface area is 107 Å². The number of halogens is 2. The van der Waals surface area contributed by atoms with Crippen LogP contribution in [0.25, 0.3) is 0 Å². The highest BCUT2D eigenvalue weighted by Gasteiger charge is 2.21. The average molecular weight is 308 g/mol. The van der Waals surface area contributed by atoms with Gasteiger partial charge in [0.1, 0.15) is 0 Å². The van der Waals surface area contributed by atoms with Crippen molar-refractivity contribution in [2.75, 3.05) is 0 Å². The number of carboxylic acids is 1. The summed E-state index contributed by atoms with van der Waals surface area (Å²) in [5, 5.41) is 19.0. The molecule has 2 atom stereocenters. The summed E-state index contributed by atoms with van der Waals surface area (Å²) < 4.78 is 0.819. The molecule has 2 N–H and O–H groups in total. The van der Waals surface area contributed by atoms with E-state index >= 15 is 0 Å². The summed E-state index contributed by atoms with van der Waals surface area (Å²) in [5.74, 6) is -1.31. The lowest BCUT2D eigenvalue weighted by Crippen LogP contribution is -2.14. The van der Waals surface area contributed by atoms with Crippen molar-refractivity contribution in [2.24, 2.45) is 5.92 Å². The molecule has 0 fully saturated rings. The molecule has 0 saturated carbocycles. The SMILES string of the molecule is CC(CC(=O)O)C(O)c1ccc(Br)cc1Cl. The standard InChI is InChI=1S/C11H12BrClO3/c1-6(4-10(14)15)11(16)8-3-2-7(12)5-9(8)13/h2-3,5-6,11,16H,4H2,1H3,(H,14,15). The fourth-order valence-electron chi connectivity index (χ4n) is 1.43. The van der Waals surface area contributed by atoms with Crippen LogP contribution >= 0.6 is 27.5 Å². The molecule has 5 heteroatoms. The molecule has 0 spiro atoms. The molecule has 1 rings (SSSR count). The van der Waals surface area contributed by atoms with Gasteiger partial charge in [0, 0.05) is 9.50 Å². The van der Waals surface area contributed by atoms with E-state index in [1.807, 2.05) is 0 Å². The lowest BCUT2D eigenvalue weighted by atomic mass is 9.95. The van der Waals surface area contributed by atoms with Gasteiger partial charge in [-0.05, 0) is 23.6 Å². The molecule has 2 unspecified atom stereocenters. The zero-order chi connectivity index (χ0) is 12.3. The number of aliphatic hydroxyl groups is 1. The Morgan fingerprint density at radius 2 is 2.19 bits per heavy atom. The highest BCUT2D eigenvalue weighted by Crippen LogP contribution is 2.31. The van der Waals surface area contributed by atoms with Gasteiger partial charge in [-0.1, -0.05) is 40.5 Å². The second-order valence-corrected chi connectivity index (χ2v) is 5.01. The van der Waals surface area contributed by atoms with Crippen molar-refractivity contribution in [3.8, 4) is 0 Å². The summed E-state index contributed by atoms with van der Waals surface area (Å²) in [6.07, 6.45) is -0.954. The third kappa shape index (κ3) is 3.47. The fourth-order valence-corrected chi connectivity index (χ4v) is 2.22. The van der Waals surface area contributed by atoms with Crippen molar-refractivity contribution in [1.29, 1.82) is 0 Å². The summed E-state index contributed by atoms with van der Waals surface area (Å²) in [6, 6.07) is 5.13. The van der Waals surface area contributed by atoms with E-state index < -0.39 is 12.1 Å². The number of aliphatic carboxylic acids is 1. The minimum absolute atomic E-state index is 0.0897. The number of carbonyl (C=O) groups is 1. The first-order valence-corrected chi connectivity index (χ1v) is 5.93. The van der Waals surface area contributed by atoms with Crippen molar-refractivity contribution < 1.29 is 15.0 Å². The zero-order valence-corrected chi connectivity index (χ0v) is 11.0. The normalized spacial score (nSPS) is 14.5. The van der Waals surface area contributed by atoms with Gasteiger partial charge in [0.05, 0.1) is 12.5 Å². The highest BCUT2D eigenvalue weighted by molar-refractivity contribution is 9.10. The summed E-state index contributed by atoms with van der Waals surface area (Å²) in [6.45, 7) is 1.68. The Morgan fingerprint density at radius 3 is 2.69 bits per heavy atom. The van der Waals surface area contributed by atoms with E-state index in [0.29, 0.717) is 10.6 Å². The van der Waals surface area contributed by atoms with Gasteiger partial charge in [-0.2, -0.15) is 0 Å². The largest absolute Gasteiger partial charge is 0.481 e. The molecule has 0 aliphatic heterocycles. The highest BCUT2D eigenvalue weighted by atomic mass is 79.9. The smallest absolute Gasteiger partial charge is 0.303 e. The molecule has 0 aliphatic carbocycles. The van der Waals surface area contributed by atoms with Crippen LogP contribution in [-0.2, 0) is 4.79 Å². The van der Waals surface area contributed by atoms with Crippen molar-refractivity contribution in [3.63, 3.8) is 0 Å². The third-order valence-corrected chi connectivity index (χ3v) is 3.14. The Bertz CT molecular complexity index is 395. The third-order valence-electron chi connectivity index (χ3n) is 2.32. The molecular weight excluding hydrogens is 295 g/mol. The summed E-state index contributed by atoms with van der Waals surface area (Å²) in [7, 11) is 0. The number of hydrogen-bond donors (Lipinski definition) is 2. The van der Waals surface area contributed by atoms with E-state index in [1.165, 1.54) is 0 Å². The lowest BCUT2D eigenvalue weighted by Gasteiger charge is -2.18. The molecule has 0 bridgehead atoms. The molecule has 1 aromatic carbocycles. The fraction of sp³-hybridized carbons (Fsp3) is 0.364. The first-order valence-electron chi connectivity index (χ1n) is 4.76. The maximum Gasteiger partial charge on any atom is 0.303 e. The van der Waals surface area contributed by atoms with E-state index in [9.17, 15) is 9.90 Å². The van der Waals surface area contributed by atoms with Crippen molar-refractivity contribution in [2.45, 2.75) is 19.4 Å². The van der Waals surface area contributed by atoms with Crippen molar-refractivity contribution in [3.05, 3.63) is 33.3 Å². The molecule has 1 aromatic rings. The Balaban J connectivity index is 2.87. The van der Waals surface area contributed by atoms with E-state index in [4.69, 9.17) is 16.7 Å². The van der Waals surface area contributed by atoms with E-state index in [2.05, 4.69) is 15.9 Å². The van der Waals surface area contributed by atoms with Gasteiger partial charge in [0.2, 0.25) is 0 Å². The van der Waals surface area contributed by atoms with Crippen molar-refractivity contribution in [1.82, 2.24) is 0 Å². The summed E-state index contributed by atoms with van der Waals surface area (Å²) >= 11 is 9.23. The predicted molar refractivity (Wildman–Crippen MR) is 65.5 cm³/mol. The van der Waals surface area contributed by atoms with Crippen LogP contribution < -0.4 is 0 Å². The van der Waals surface area contributed by atoms with Gasteiger partial charge in [-0.25, -0.2) is 0 Å². The number of aliphatic hydroxyl groups excluding tert-OH is 1. The average Bonchev–Trinajstić information content (AvgIpc) is 2.15. The van der Waals surface area contributed by atoms with Gasteiger partial charge in [-0.3, -0.25) is 4.79 Å². The van der Waals surface area contributed by atoms with Crippen LogP contribution in [0.3, 0.4) is 0 Å². The lowest BCUT2D eigenvalue weighted by molar-refractivity contribution is -0.139. The molecule has 3 nitrogen and oxygen atoms in total. The molecule has 0 aromatic heterocycles. The van der Waals surface area contributed by atoms with Gasteiger partial charge in [0.15, 0.2) is 0 Å². The summed E-state index contributed by atoms with van der Waals surface area (Å²) in [4.78, 5) is 10.5. The van der Waals surface area contributed by atoms with Gasteiger partial charge in [-0.15, -0.1) is 0 Å². The Kier molecular flexibility index (Phi) is 4.77. The number of rotatable bonds is 4. The maximum atomic E-state index is 10.5. The zero-order valence-electron chi connectivity index (χ0n) is 8.65. The topological polar surface area (TPSA) is 57.5 Å². The molecule has 0 amide bonds. The van der Waals surface area contributed by atoms with Crippen LogP contribution in [-0.4, -0.2) is 16.2 Å². The molecule has 0 aliphatic rings. The second-order valence-electron chi connectivity index (χ2n) is 3.69. The van der Waals surface area contributed by atoms with Crippen LogP contribution in [0.1, 0.15) is 25.0 Å². The number of benzene rings is 1. The van der Waals surface area contributed by atoms with E-state index in [-0.39, 0.29) is 12.3 Å². The second kappa shape index (κ2) is 5.66. The van der Waals surface area contributed by atoms with Crippen LogP contribution in [0, 0.1) is 5.92 Å². The van der Waals surface area contributed by atoms with E-state index in [1.54, 1.807) is 25.1 Å². The van der Waals surface area contributed by atoms with Gasteiger partial charge in [0.25, 0.3) is 0 Å². The first-order chi connectivity index (χ1) is 7.41. The Morgan fingerprint density at radius 1 is 1.56 bits per heavy atom. The van der Waals surface area contributed by atoms with Crippen LogP contribution in [0.2, 0.25) is 5.02 Å². The first kappa shape index (κ1) is 13.5. The molecular formula is C11H12BrClO3. The van der Waals surface area contributed by atoms with Crippen LogP contribution in [0.15, 0.2) is 22.7 Å². The minimum Gasteiger partial charge on any atom is -0.481 e. The number of hydrogen-bond acceptors (Lipinski definition) is 2. The van der Waals surface area contributed by atoms with Crippen LogP contribution in [0.5, 0.6) is 0 Å². The predicted octanol–water partition coefficient (Wildman–Crippen LogP) is 3.25. The molecule has 0 heterocycles. The monoisotopic (exact) mass is 306 g/mol. The minimum atomic E-state index is -0.931. The van der Waals surface area contributed by atoms with Crippen LogP contribution in [0.4, 0.5) is 0 Å². The molecule has 16 heavy (non-hydrogen) atoms. The molecule has 0 saturated heterocycles. The maximum absolute atomic E-state index is 10.5.